The molecule has 0 saturated heterocycles. The predicted molar refractivity (Wildman–Crippen MR) is 576 cm³/mol. The first kappa shape index (κ1) is 78.6. The van der Waals surface area contributed by atoms with Crippen LogP contribution >= 0.6 is 0 Å². The lowest BCUT2D eigenvalue weighted by Crippen LogP contribution is -2.16. The van der Waals surface area contributed by atoms with E-state index in [1.807, 2.05) is 0 Å². The Bertz CT molecular complexity index is 9130. The van der Waals surface area contributed by atoms with Crippen LogP contribution in [0.25, 0.3) is 208 Å². The average molecular weight is 1720 g/mol. The molecule has 26 aromatic rings. The van der Waals surface area contributed by atoms with Crippen LogP contribution in [-0.2, 0) is 5.41 Å². The van der Waals surface area contributed by atoms with Crippen LogP contribution in [0.2, 0.25) is 0 Å². The van der Waals surface area contributed by atoms with Gasteiger partial charge in [-0.3, -0.25) is 0 Å². The summed E-state index contributed by atoms with van der Waals surface area (Å²) in [6.07, 6.45) is 0. The zero-order valence-electron chi connectivity index (χ0n) is 74.6. The summed E-state index contributed by atoms with van der Waals surface area (Å²) in [7, 11) is 0. The Morgan fingerprint density at radius 3 is 0.874 bits per heavy atom. The molecule has 0 spiro atoms. The summed E-state index contributed by atoms with van der Waals surface area (Å²) in [5.41, 5.74) is 31.2. The van der Waals surface area contributed by atoms with Crippen molar-refractivity contribution in [3.8, 4) is 78.1 Å². The molecule has 4 heteroatoms. The van der Waals surface area contributed by atoms with Gasteiger partial charge in [0.25, 0.3) is 0 Å². The molecule has 2 aromatic heterocycles. The third kappa shape index (κ3) is 13.0. The minimum atomic E-state index is -0.118. The molecular weight excluding hydrogens is 1630 g/mol. The van der Waals surface area contributed by atoms with Gasteiger partial charge in [0.2, 0.25) is 0 Å². The largest absolute Gasteiger partial charge is 0.311 e. The van der Waals surface area contributed by atoms with Gasteiger partial charge >= 0.3 is 0 Å². The van der Waals surface area contributed by atoms with Crippen LogP contribution < -0.4 is 9.80 Å². The zero-order chi connectivity index (χ0) is 89.4. The molecule has 27 rings (SSSR count). The average Bonchev–Trinajstić information content (AvgIpc) is 1.54. The molecule has 0 saturated carbocycles. The van der Waals surface area contributed by atoms with Gasteiger partial charge in [0, 0.05) is 94.0 Å². The summed E-state index contributed by atoms with van der Waals surface area (Å²) in [5, 5.41) is 25.1. The van der Waals surface area contributed by atoms with Crippen molar-refractivity contribution in [1.82, 2.24) is 9.13 Å². The number of hydrogen-bond donors (Lipinski definition) is 0. The molecule has 0 bridgehead atoms. The fourth-order valence-corrected chi connectivity index (χ4v) is 22.3. The maximum Gasteiger partial charge on any atom is 0.0626 e. The van der Waals surface area contributed by atoms with Crippen LogP contribution in [0.1, 0.15) is 25.0 Å². The number of anilines is 6. The van der Waals surface area contributed by atoms with E-state index in [4.69, 9.17) is 0 Å². The highest BCUT2D eigenvalue weighted by Crippen LogP contribution is 2.54. The predicted octanol–water partition coefficient (Wildman–Crippen LogP) is 36.4. The summed E-state index contributed by atoms with van der Waals surface area (Å²) < 4.78 is 5.00. The molecule has 0 N–H and O–H groups in total. The second-order valence-electron chi connectivity index (χ2n) is 36.5. The van der Waals surface area contributed by atoms with Gasteiger partial charge in [0.15, 0.2) is 0 Å². The van der Waals surface area contributed by atoms with E-state index >= 15 is 0 Å². The Morgan fingerprint density at radius 1 is 0.170 bits per heavy atom. The molecule has 4 nitrogen and oxygen atoms in total. The number of hydrogen-bond acceptors (Lipinski definition) is 2. The lowest BCUT2D eigenvalue weighted by molar-refractivity contribution is 0.660. The van der Waals surface area contributed by atoms with Gasteiger partial charge in [-0.25, -0.2) is 0 Å². The van der Waals surface area contributed by atoms with Gasteiger partial charge in [0.05, 0.1) is 22.1 Å². The number of aromatic nitrogens is 2. The summed E-state index contributed by atoms with van der Waals surface area (Å²) in [5.74, 6) is 0. The minimum absolute atomic E-state index is 0.118. The number of benzene rings is 24. The van der Waals surface area contributed by atoms with Gasteiger partial charge in [-0.15, -0.1) is 0 Å². The molecule has 0 amide bonds. The summed E-state index contributed by atoms with van der Waals surface area (Å²) in [6.45, 7) is 4.72. The fourth-order valence-electron chi connectivity index (χ4n) is 22.3. The molecule has 135 heavy (non-hydrogen) atoms. The van der Waals surface area contributed by atoms with E-state index in [0.717, 1.165) is 34.1 Å². The lowest BCUT2D eigenvalue weighted by Gasteiger charge is -2.28. The van der Waals surface area contributed by atoms with Crippen molar-refractivity contribution in [1.29, 1.82) is 0 Å². The molecular formula is C131H88N4. The van der Waals surface area contributed by atoms with Crippen molar-refractivity contribution in [2.75, 3.05) is 9.80 Å². The van der Waals surface area contributed by atoms with Crippen molar-refractivity contribution in [3.05, 3.63) is 509 Å². The Kier molecular flexibility index (Phi) is 18.6. The third-order valence-electron chi connectivity index (χ3n) is 28.7. The van der Waals surface area contributed by atoms with Crippen LogP contribution in [0.4, 0.5) is 34.1 Å². The first-order valence-corrected chi connectivity index (χ1v) is 46.8. The van der Waals surface area contributed by atoms with Gasteiger partial charge < -0.3 is 18.9 Å². The zero-order valence-corrected chi connectivity index (χ0v) is 74.6. The third-order valence-corrected chi connectivity index (χ3v) is 28.7. The van der Waals surface area contributed by atoms with Gasteiger partial charge in [-0.05, 0) is 264 Å². The fraction of sp³-hybridized carbons (Fsp3) is 0.0229. The molecule has 0 aliphatic heterocycles. The van der Waals surface area contributed by atoms with Crippen LogP contribution in [0.15, 0.2) is 497 Å². The molecule has 1 aliphatic carbocycles. The number of rotatable bonds is 13. The van der Waals surface area contributed by atoms with Crippen molar-refractivity contribution >= 4 is 164 Å². The van der Waals surface area contributed by atoms with Crippen LogP contribution in [0.3, 0.4) is 0 Å². The standard InChI is InChI=1S/C67H46N2.C64H42N2/c1-67(2)61-26-14-12-22-54(61)55-39-38-51(41-62(55)67)68(48-33-28-45(29-34-48)43-16-4-3-5-17-43)49-35-31-46(32-36-49)59-42-60-53-21-9-11-24-57(53)66-65(64(60)56-23-10-8-20-52(56)59)58-25-13-15-27-63(58)69(66)50-37-30-44-18-6-7-19-47(44)40-50;1-3-15-43(16-4-1)46-27-34-50(35-28-46)65(51-36-29-47(30-37-51)44-17-5-2-6-18-44)52-38-32-48(33-39-52)59-42-60-55-22-10-12-24-57(55)64-63(62(60)56-23-11-9-21-54(56)59)58-25-13-14-26-61(58)66(64)53-40-31-45-19-7-8-20-49(45)41-53/h3-42H,1-2H3;1-42H. The van der Waals surface area contributed by atoms with Crippen LogP contribution in [-0.4, -0.2) is 9.13 Å². The quantitative estimate of drug-likeness (QED) is 0.107. The molecule has 2 heterocycles. The molecule has 0 fully saturated rings. The van der Waals surface area contributed by atoms with Gasteiger partial charge in [-0.1, -0.05) is 390 Å². The number of nitrogens with zero attached hydrogens (tertiary/aromatic N) is 4. The lowest BCUT2D eigenvalue weighted by atomic mass is 9.82. The topological polar surface area (TPSA) is 16.3 Å². The molecule has 0 radical (unpaired) electrons. The Hall–Kier alpha value is -17.4. The van der Waals surface area contributed by atoms with Crippen molar-refractivity contribution in [2.45, 2.75) is 19.3 Å². The highest BCUT2D eigenvalue weighted by atomic mass is 15.1. The van der Waals surface area contributed by atoms with Crippen LogP contribution in [0.5, 0.6) is 0 Å². The Balaban J connectivity index is 0.000000141. The minimum Gasteiger partial charge on any atom is -0.311 e. The highest BCUT2D eigenvalue weighted by molar-refractivity contribution is 6.40. The Morgan fingerprint density at radius 2 is 0.467 bits per heavy atom. The number of fused-ring (bicyclic) bond motifs is 25. The van der Waals surface area contributed by atoms with E-state index in [1.165, 1.54) is 219 Å². The van der Waals surface area contributed by atoms with Gasteiger partial charge in [-0.2, -0.15) is 0 Å². The number of para-hydroxylation sites is 2. The first-order chi connectivity index (χ1) is 66.7. The summed E-state index contributed by atoms with van der Waals surface area (Å²) >= 11 is 0. The molecule has 1 aliphatic rings. The smallest absolute Gasteiger partial charge is 0.0626 e. The van der Waals surface area contributed by atoms with E-state index in [2.05, 4.69) is 530 Å². The first-order valence-electron chi connectivity index (χ1n) is 46.8. The van der Waals surface area contributed by atoms with Crippen molar-refractivity contribution < 1.29 is 0 Å². The summed E-state index contributed by atoms with van der Waals surface area (Å²) in [6, 6.07) is 183. The SMILES string of the molecule is CC1(C)c2ccccc2-c2ccc(N(c3ccc(-c4ccccc4)cc3)c3ccc(-c4cc5c6ccccc6c6c(c7ccccc7n6-c6ccc7ccccc7c6)c5c5ccccc45)cc3)cc21.c1ccc(-c2ccc(N(c3ccc(-c4ccccc4)cc3)c3ccc(-c4cc5c6ccccc6c6c(c7ccccc7n6-c6ccc7ccccc7c6)c5c5ccccc45)cc3)cc2)cc1. The molecule has 0 unspecified atom stereocenters. The van der Waals surface area contributed by atoms with Crippen molar-refractivity contribution in [2.24, 2.45) is 0 Å². The molecule has 0 atom stereocenters. The maximum absolute atomic E-state index is 2.50. The molecule has 24 aromatic carbocycles. The van der Waals surface area contributed by atoms with E-state index in [1.54, 1.807) is 0 Å². The van der Waals surface area contributed by atoms with Crippen LogP contribution in [0, 0.1) is 0 Å². The second-order valence-corrected chi connectivity index (χ2v) is 36.5. The highest BCUT2D eigenvalue weighted by Gasteiger charge is 2.36. The summed E-state index contributed by atoms with van der Waals surface area (Å²) in [4.78, 5) is 4.79. The van der Waals surface area contributed by atoms with E-state index in [0.29, 0.717) is 0 Å². The monoisotopic (exact) mass is 1720 g/mol. The normalized spacial score (nSPS) is 12.3. The molecule has 632 valence electrons. The maximum atomic E-state index is 2.50. The van der Waals surface area contributed by atoms with E-state index in [9.17, 15) is 0 Å². The van der Waals surface area contributed by atoms with Gasteiger partial charge in [0.1, 0.15) is 0 Å². The Labute approximate surface area is 783 Å². The van der Waals surface area contributed by atoms with E-state index in [-0.39, 0.29) is 5.41 Å². The van der Waals surface area contributed by atoms with Crippen molar-refractivity contribution in [3.63, 3.8) is 0 Å². The van der Waals surface area contributed by atoms with E-state index < -0.39 is 0 Å². The second kappa shape index (κ2) is 32.0.